The van der Waals surface area contributed by atoms with Gasteiger partial charge in [-0.1, -0.05) is 51.1 Å². The van der Waals surface area contributed by atoms with Crippen molar-refractivity contribution in [2.45, 2.75) is 39.3 Å². The van der Waals surface area contributed by atoms with Crippen molar-refractivity contribution in [3.8, 4) is 0 Å². The third kappa shape index (κ3) is 4.13. The summed E-state index contributed by atoms with van der Waals surface area (Å²) in [6.07, 6.45) is 0.769. The molecule has 2 rings (SSSR count). The molecular weight excluding hydrogens is 280 g/mol. The van der Waals surface area contributed by atoms with E-state index in [2.05, 4.69) is 38.3 Å². The maximum atomic E-state index is 6.26. The van der Waals surface area contributed by atoms with E-state index in [0.717, 1.165) is 22.7 Å². The van der Waals surface area contributed by atoms with Gasteiger partial charge < -0.3 is 10.5 Å². The lowest BCUT2D eigenvalue weighted by Gasteiger charge is -2.27. The van der Waals surface area contributed by atoms with E-state index in [0.29, 0.717) is 0 Å². The van der Waals surface area contributed by atoms with Gasteiger partial charge in [0.1, 0.15) is 11.1 Å². The van der Waals surface area contributed by atoms with Crippen molar-refractivity contribution in [1.82, 2.24) is 4.98 Å². The highest BCUT2D eigenvalue weighted by molar-refractivity contribution is 7.09. The Kier molecular flexibility index (Phi) is 5.14. The van der Waals surface area contributed by atoms with E-state index in [4.69, 9.17) is 15.5 Å². The summed E-state index contributed by atoms with van der Waals surface area (Å²) in [4.78, 5) is 4.73. The van der Waals surface area contributed by atoms with Gasteiger partial charge in [-0.3, -0.25) is 0 Å². The van der Waals surface area contributed by atoms with Gasteiger partial charge in [-0.05, 0) is 11.0 Å². The third-order valence-corrected chi connectivity index (χ3v) is 4.41. The van der Waals surface area contributed by atoms with Crippen molar-refractivity contribution in [3.63, 3.8) is 0 Å². The monoisotopic (exact) mass is 304 g/mol. The fourth-order valence-corrected chi connectivity index (χ4v) is 3.55. The zero-order chi connectivity index (χ0) is 15.5. The van der Waals surface area contributed by atoms with E-state index >= 15 is 0 Å². The predicted molar refractivity (Wildman–Crippen MR) is 88.4 cm³/mol. The average molecular weight is 304 g/mol. The van der Waals surface area contributed by atoms with Crippen LogP contribution in [0.25, 0.3) is 0 Å². The molecule has 0 amide bonds. The van der Waals surface area contributed by atoms with Gasteiger partial charge in [-0.15, -0.1) is 11.3 Å². The van der Waals surface area contributed by atoms with Crippen LogP contribution in [0.5, 0.6) is 0 Å². The number of hydrogen-bond donors (Lipinski definition) is 1. The highest BCUT2D eigenvalue weighted by atomic mass is 32.1. The van der Waals surface area contributed by atoms with Crippen LogP contribution in [0.15, 0.2) is 35.7 Å². The van der Waals surface area contributed by atoms with Crippen LogP contribution in [0.3, 0.4) is 0 Å². The Labute approximate surface area is 131 Å². The topological polar surface area (TPSA) is 48.1 Å². The quantitative estimate of drug-likeness (QED) is 0.904. The first-order valence-corrected chi connectivity index (χ1v) is 8.07. The molecule has 0 radical (unpaired) electrons. The molecule has 0 saturated heterocycles. The van der Waals surface area contributed by atoms with Crippen molar-refractivity contribution >= 4 is 11.3 Å². The first-order chi connectivity index (χ1) is 9.91. The van der Waals surface area contributed by atoms with Crippen LogP contribution in [0.2, 0.25) is 0 Å². The van der Waals surface area contributed by atoms with E-state index in [9.17, 15) is 0 Å². The van der Waals surface area contributed by atoms with Gasteiger partial charge >= 0.3 is 0 Å². The first kappa shape index (κ1) is 16.1. The number of thiazole rings is 1. The lowest BCUT2D eigenvalue weighted by molar-refractivity contribution is 0.0149. The highest BCUT2D eigenvalue weighted by Gasteiger charge is 2.28. The Morgan fingerprint density at radius 3 is 2.48 bits per heavy atom. The molecule has 0 saturated carbocycles. The molecule has 2 unspecified atom stereocenters. The summed E-state index contributed by atoms with van der Waals surface area (Å²) >= 11 is 1.65. The maximum absolute atomic E-state index is 6.26. The number of benzene rings is 1. The standard InChI is InChI=1S/C17H24N2OS/c1-17(2,3)15(20-4)16-19-13(11-21-16)10-14(18)12-8-6-5-7-9-12/h5-9,11,14-15H,10,18H2,1-4H3. The van der Waals surface area contributed by atoms with Crippen LogP contribution in [-0.4, -0.2) is 12.1 Å². The number of ether oxygens (including phenoxy) is 1. The van der Waals surface area contributed by atoms with E-state index in [1.54, 1.807) is 18.4 Å². The second-order valence-corrected chi connectivity index (χ2v) is 7.27. The van der Waals surface area contributed by atoms with Gasteiger partial charge in [-0.2, -0.15) is 0 Å². The lowest BCUT2D eigenvalue weighted by Crippen LogP contribution is -2.20. The molecule has 0 aliphatic carbocycles. The minimum Gasteiger partial charge on any atom is -0.374 e. The van der Waals surface area contributed by atoms with Gasteiger partial charge in [0.2, 0.25) is 0 Å². The maximum Gasteiger partial charge on any atom is 0.122 e. The molecule has 21 heavy (non-hydrogen) atoms. The number of aromatic nitrogens is 1. The third-order valence-electron chi connectivity index (χ3n) is 3.47. The van der Waals surface area contributed by atoms with Crippen molar-refractivity contribution in [1.29, 1.82) is 0 Å². The number of nitrogens with zero attached hydrogens (tertiary/aromatic N) is 1. The van der Waals surface area contributed by atoms with Crippen molar-refractivity contribution in [3.05, 3.63) is 52.0 Å². The first-order valence-electron chi connectivity index (χ1n) is 7.19. The summed E-state index contributed by atoms with van der Waals surface area (Å²) < 4.78 is 5.62. The summed E-state index contributed by atoms with van der Waals surface area (Å²) in [5, 5.41) is 3.12. The zero-order valence-electron chi connectivity index (χ0n) is 13.2. The lowest BCUT2D eigenvalue weighted by atomic mass is 9.89. The van der Waals surface area contributed by atoms with E-state index < -0.39 is 0 Å². The molecule has 114 valence electrons. The second-order valence-electron chi connectivity index (χ2n) is 6.38. The van der Waals surface area contributed by atoms with E-state index in [1.807, 2.05) is 18.2 Å². The summed E-state index contributed by atoms with van der Waals surface area (Å²) in [6, 6.07) is 10.1. The van der Waals surface area contributed by atoms with Gasteiger partial charge in [0, 0.05) is 25.0 Å². The molecule has 2 atom stereocenters. The fourth-order valence-electron chi connectivity index (χ4n) is 2.41. The van der Waals surface area contributed by atoms with E-state index in [1.165, 1.54) is 0 Å². The van der Waals surface area contributed by atoms with Crippen LogP contribution >= 0.6 is 11.3 Å². The molecule has 0 fully saturated rings. The number of rotatable bonds is 5. The second kappa shape index (κ2) is 6.69. The number of methoxy groups -OCH3 is 1. The van der Waals surface area contributed by atoms with Crippen molar-refractivity contribution in [2.75, 3.05) is 7.11 Å². The minimum atomic E-state index is -0.0169. The summed E-state index contributed by atoms with van der Waals surface area (Å²) in [6.45, 7) is 6.49. The highest BCUT2D eigenvalue weighted by Crippen LogP contribution is 2.37. The Hall–Kier alpha value is -1.23. The van der Waals surface area contributed by atoms with Gasteiger partial charge in [-0.25, -0.2) is 4.98 Å². The molecule has 0 aliphatic rings. The summed E-state index contributed by atoms with van der Waals surface area (Å²) in [5.74, 6) is 0. The number of nitrogens with two attached hydrogens (primary N) is 1. The summed E-state index contributed by atoms with van der Waals surface area (Å²) in [5.41, 5.74) is 8.48. The predicted octanol–water partition coefficient (Wildman–Crippen LogP) is 4.12. The smallest absolute Gasteiger partial charge is 0.122 e. The van der Waals surface area contributed by atoms with Crippen LogP contribution in [0.1, 0.15) is 49.2 Å². The van der Waals surface area contributed by atoms with Crippen molar-refractivity contribution < 1.29 is 4.74 Å². The molecule has 1 aromatic carbocycles. The van der Waals surface area contributed by atoms with Crippen LogP contribution < -0.4 is 5.73 Å². The molecule has 0 spiro atoms. The Morgan fingerprint density at radius 1 is 1.24 bits per heavy atom. The largest absolute Gasteiger partial charge is 0.374 e. The summed E-state index contributed by atoms with van der Waals surface area (Å²) in [7, 11) is 1.74. The van der Waals surface area contributed by atoms with Crippen LogP contribution in [0, 0.1) is 5.41 Å². The molecule has 3 nitrogen and oxygen atoms in total. The molecule has 0 bridgehead atoms. The van der Waals surface area contributed by atoms with Gasteiger partial charge in [0.15, 0.2) is 0 Å². The average Bonchev–Trinajstić information content (AvgIpc) is 2.87. The molecule has 4 heteroatoms. The van der Waals surface area contributed by atoms with Crippen LogP contribution in [-0.2, 0) is 11.2 Å². The molecule has 1 aromatic heterocycles. The number of hydrogen-bond acceptors (Lipinski definition) is 4. The van der Waals surface area contributed by atoms with Gasteiger partial charge in [0.25, 0.3) is 0 Å². The van der Waals surface area contributed by atoms with E-state index in [-0.39, 0.29) is 17.6 Å². The molecular formula is C17H24N2OS. The molecule has 2 aromatic rings. The molecule has 0 aliphatic heterocycles. The Morgan fingerprint density at radius 2 is 1.90 bits per heavy atom. The Balaban J connectivity index is 2.10. The molecule has 2 N–H and O–H groups in total. The van der Waals surface area contributed by atoms with Crippen LogP contribution in [0.4, 0.5) is 0 Å². The SMILES string of the molecule is COC(c1nc(CC(N)c2ccccc2)cs1)C(C)(C)C. The molecule has 1 heterocycles. The van der Waals surface area contributed by atoms with Gasteiger partial charge in [0.05, 0.1) is 5.69 Å². The zero-order valence-corrected chi connectivity index (χ0v) is 14.0. The Bertz CT molecular complexity index is 560. The van der Waals surface area contributed by atoms with Crippen molar-refractivity contribution in [2.24, 2.45) is 11.1 Å². The normalized spacial score (nSPS) is 14.9. The fraction of sp³-hybridized carbons (Fsp3) is 0.471. The minimum absolute atomic E-state index is 0.0169.